The van der Waals surface area contributed by atoms with Crippen LogP contribution >= 0.6 is 11.8 Å². The minimum atomic E-state index is -0.447. The third-order valence-electron chi connectivity index (χ3n) is 0.526. The lowest BCUT2D eigenvalue weighted by Crippen LogP contribution is -1.92. The Hall–Kier alpha value is -0.950. The number of nitriles is 1. The maximum Gasteiger partial charge on any atom is 0.331 e. The summed E-state index contributed by atoms with van der Waals surface area (Å²) in [4.78, 5) is 10.3. The molecule has 0 aromatic carbocycles. The van der Waals surface area contributed by atoms with Crippen LogP contribution in [-0.4, -0.2) is 13.1 Å². The zero-order valence-corrected chi connectivity index (χ0v) is 5.64. The predicted octanol–water partition coefficient (Wildman–Crippen LogP) is 0.887. The molecule has 0 aromatic heterocycles. The molecular weight excluding hydrogens is 138 g/mol. The number of ether oxygens (including phenoxy) is 1. The van der Waals surface area contributed by atoms with Gasteiger partial charge in [-0.25, -0.2) is 4.79 Å². The van der Waals surface area contributed by atoms with E-state index in [0.717, 1.165) is 11.8 Å². The highest BCUT2D eigenvalue weighted by Gasteiger charge is 1.87. The van der Waals surface area contributed by atoms with E-state index in [9.17, 15) is 4.79 Å². The first-order valence-electron chi connectivity index (χ1n) is 2.10. The summed E-state index contributed by atoms with van der Waals surface area (Å²) >= 11 is 0.876. The molecule has 0 saturated carbocycles. The van der Waals surface area contributed by atoms with E-state index in [1.54, 1.807) is 5.40 Å². The van der Waals surface area contributed by atoms with Crippen LogP contribution in [-0.2, 0) is 9.53 Å². The highest BCUT2D eigenvalue weighted by molar-refractivity contribution is 8.06. The van der Waals surface area contributed by atoms with E-state index in [1.165, 1.54) is 18.6 Å². The number of thiocyanates is 1. The Bertz CT molecular complexity index is 159. The van der Waals surface area contributed by atoms with Crippen LogP contribution in [0.2, 0.25) is 0 Å². The van der Waals surface area contributed by atoms with E-state index in [2.05, 4.69) is 4.74 Å². The minimum Gasteiger partial charge on any atom is -0.466 e. The average molecular weight is 143 g/mol. The molecule has 0 rings (SSSR count). The molecule has 4 heteroatoms. The fourth-order valence-electron chi connectivity index (χ4n) is 0.188. The molecule has 0 fully saturated rings. The maximum atomic E-state index is 10.3. The second-order valence-electron chi connectivity index (χ2n) is 1.04. The largest absolute Gasteiger partial charge is 0.466 e. The highest BCUT2D eigenvalue weighted by Crippen LogP contribution is 1.96. The molecule has 0 saturated heterocycles. The quantitative estimate of drug-likeness (QED) is 0.327. The molecule has 0 N–H and O–H groups in total. The molecule has 9 heavy (non-hydrogen) atoms. The van der Waals surface area contributed by atoms with E-state index in [-0.39, 0.29) is 0 Å². The Labute approximate surface area is 57.3 Å². The Balaban J connectivity index is 3.47. The monoisotopic (exact) mass is 143 g/mol. The van der Waals surface area contributed by atoms with Crippen LogP contribution in [0, 0.1) is 10.7 Å². The topological polar surface area (TPSA) is 50.1 Å². The minimum absolute atomic E-state index is 0.447. The molecule has 0 amide bonds. The van der Waals surface area contributed by atoms with Crippen molar-refractivity contribution in [2.75, 3.05) is 7.11 Å². The van der Waals surface area contributed by atoms with Gasteiger partial charge >= 0.3 is 5.97 Å². The van der Waals surface area contributed by atoms with Gasteiger partial charge in [0, 0.05) is 6.08 Å². The molecule has 48 valence electrons. The van der Waals surface area contributed by atoms with Gasteiger partial charge in [0.15, 0.2) is 0 Å². The Kier molecular flexibility index (Phi) is 4.64. The standard InChI is InChI=1S/C5H5NO2S/c1-8-5(7)2-3-9-4-6/h2-3H,1H3/b3-2+. The van der Waals surface area contributed by atoms with Gasteiger partial charge in [0.05, 0.1) is 7.11 Å². The molecule has 0 bridgehead atoms. The van der Waals surface area contributed by atoms with Gasteiger partial charge in [-0.1, -0.05) is 0 Å². The van der Waals surface area contributed by atoms with Crippen LogP contribution in [0.1, 0.15) is 0 Å². The number of carbonyl (C=O) groups excluding carboxylic acids is 1. The number of esters is 1. The average Bonchev–Trinajstić information content (AvgIpc) is 1.89. The molecule has 0 aliphatic carbocycles. The number of rotatable bonds is 2. The normalized spacial score (nSPS) is 8.89. The molecule has 0 aliphatic heterocycles. The summed E-state index contributed by atoms with van der Waals surface area (Å²) < 4.78 is 4.25. The molecule has 0 heterocycles. The molecule has 0 atom stereocenters. The summed E-state index contributed by atoms with van der Waals surface area (Å²) in [6.45, 7) is 0. The number of carbonyl (C=O) groups is 1. The number of nitrogens with zero attached hydrogens (tertiary/aromatic N) is 1. The third-order valence-corrected chi connectivity index (χ3v) is 0.904. The lowest BCUT2D eigenvalue weighted by atomic mass is 10.7. The fraction of sp³-hybridized carbons (Fsp3) is 0.200. The molecular formula is C5H5NO2S. The number of hydrogen-bond acceptors (Lipinski definition) is 4. The number of thioether (sulfide) groups is 1. The maximum absolute atomic E-state index is 10.3. The Morgan fingerprint density at radius 3 is 3.00 bits per heavy atom. The van der Waals surface area contributed by atoms with Crippen molar-refractivity contribution in [1.82, 2.24) is 0 Å². The first-order valence-corrected chi connectivity index (χ1v) is 2.98. The van der Waals surface area contributed by atoms with Crippen molar-refractivity contribution in [3.63, 3.8) is 0 Å². The van der Waals surface area contributed by atoms with Gasteiger partial charge in [-0.05, 0) is 17.2 Å². The molecule has 0 aromatic rings. The number of methoxy groups -OCH3 is 1. The molecule has 0 radical (unpaired) electrons. The molecule has 0 unspecified atom stereocenters. The van der Waals surface area contributed by atoms with Crippen molar-refractivity contribution >= 4 is 17.7 Å². The predicted molar refractivity (Wildman–Crippen MR) is 34.4 cm³/mol. The first-order chi connectivity index (χ1) is 4.31. The Morgan fingerprint density at radius 2 is 2.56 bits per heavy atom. The van der Waals surface area contributed by atoms with Crippen molar-refractivity contribution in [1.29, 1.82) is 5.26 Å². The van der Waals surface area contributed by atoms with Crippen LogP contribution in [0.5, 0.6) is 0 Å². The van der Waals surface area contributed by atoms with E-state index >= 15 is 0 Å². The molecule has 0 aliphatic rings. The second kappa shape index (κ2) is 5.19. The van der Waals surface area contributed by atoms with Crippen LogP contribution in [0.3, 0.4) is 0 Å². The van der Waals surface area contributed by atoms with Gasteiger partial charge in [-0.15, -0.1) is 0 Å². The first kappa shape index (κ1) is 8.05. The fourth-order valence-corrected chi connectivity index (χ4v) is 0.428. The van der Waals surface area contributed by atoms with Crippen molar-refractivity contribution in [3.8, 4) is 5.40 Å². The SMILES string of the molecule is COC(=O)/C=C/SC#N. The van der Waals surface area contributed by atoms with Crippen molar-refractivity contribution < 1.29 is 9.53 Å². The van der Waals surface area contributed by atoms with Crippen LogP contribution in [0.4, 0.5) is 0 Å². The van der Waals surface area contributed by atoms with Gasteiger partial charge in [-0.3, -0.25) is 0 Å². The summed E-state index contributed by atoms with van der Waals surface area (Å²) in [5, 5.41) is 11.1. The molecule has 3 nitrogen and oxygen atoms in total. The lowest BCUT2D eigenvalue weighted by molar-refractivity contribution is -0.134. The smallest absolute Gasteiger partial charge is 0.331 e. The van der Waals surface area contributed by atoms with Gasteiger partial charge in [-0.2, -0.15) is 5.26 Å². The van der Waals surface area contributed by atoms with Crippen molar-refractivity contribution in [2.24, 2.45) is 0 Å². The summed E-state index contributed by atoms with van der Waals surface area (Å²) in [7, 11) is 1.28. The lowest BCUT2D eigenvalue weighted by Gasteiger charge is -1.85. The van der Waals surface area contributed by atoms with Crippen molar-refractivity contribution in [2.45, 2.75) is 0 Å². The van der Waals surface area contributed by atoms with Gasteiger partial charge in [0.1, 0.15) is 5.40 Å². The van der Waals surface area contributed by atoms with Gasteiger partial charge in [0.2, 0.25) is 0 Å². The highest BCUT2D eigenvalue weighted by atomic mass is 32.2. The van der Waals surface area contributed by atoms with E-state index in [1.807, 2.05) is 0 Å². The number of hydrogen-bond donors (Lipinski definition) is 0. The Morgan fingerprint density at radius 1 is 1.89 bits per heavy atom. The summed E-state index contributed by atoms with van der Waals surface area (Å²) in [5.41, 5.74) is 0. The van der Waals surface area contributed by atoms with E-state index < -0.39 is 5.97 Å². The summed E-state index contributed by atoms with van der Waals surface area (Å²) in [5.74, 6) is -0.447. The summed E-state index contributed by atoms with van der Waals surface area (Å²) in [6.07, 6.45) is 1.19. The van der Waals surface area contributed by atoms with Crippen molar-refractivity contribution in [3.05, 3.63) is 11.5 Å². The zero-order valence-electron chi connectivity index (χ0n) is 4.83. The van der Waals surface area contributed by atoms with Crippen LogP contribution < -0.4 is 0 Å². The zero-order chi connectivity index (χ0) is 7.11. The molecule has 0 spiro atoms. The van der Waals surface area contributed by atoms with Crippen LogP contribution in [0.15, 0.2) is 11.5 Å². The van der Waals surface area contributed by atoms with Gasteiger partial charge in [0.25, 0.3) is 0 Å². The van der Waals surface area contributed by atoms with E-state index in [0.29, 0.717) is 0 Å². The van der Waals surface area contributed by atoms with Gasteiger partial charge < -0.3 is 4.74 Å². The summed E-state index contributed by atoms with van der Waals surface area (Å²) in [6, 6.07) is 0. The van der Waals surface area contributed by atoms with Crippen LogP contribution in [0.25, 0.3) is 0 Å². The van der Waals surface area contributed by atoms with E-state index in [4.69, 9.17) is 5.26 Å². The third kappa shape index (κ3) is 4.91. The second-order valence-corrected chi connectivity index (χ2v) is 1.73.